The van der Waals surface area contributed by atoms with Crippen molar-refractivity contribution in [2.45, 2.75) is 13.8 Å². The quantitative estimate of drug-likeness (QED) is 0.625. The molecule has 1 aromatic carbocycles. The molecule has 3 rings (SSSR count). The van der Waals surface area contributed by atoms with Gasteiger partial charge < -0.3 is 20.5 Å². The summed E-state index contributed by atoms with van der Waals surface area (Å²) in [5.74, 6) is 0.0453. The number of nitrogens with one attached hydrogen (secondary N) is 1. The summed E-state index contributed by atoms with van der Waals surface area (Å²) in [5, 5.41) is 3.93. The minimum Gasteiger partial charge on any atom is -0.492 e. The highest BCUT2D eigenvalue weighted by atomic mass is 32.1. The monoisotopic (exact) mass is 386 g/mol. The van der Waals surface area contributed by atoms with Crippen LogP contribution in [0.4, 0.5) is 11.5 Å². The van der Waals surface area contributed by atoms with Gasteiger partial charge in [-0.3, -0.25) is 4.79 Å². The summed E-state index contributed by atoms with van der Waals surface area (Å²) >= 11 is 1.24. The predicted molar refractivity (Wildman–Crippen MR) is 103 cm³/mol. The number of aromatic nitrogens is 2. The second-order valence-electron chi connectivity index (χ2n) is 5.58. The molecule has 1 amide bonds. The van der Waals surface area contributed by atoms with E-state index in [9.17, 15) is 9.59 Å². The van der Waals surface area contributed by atoms with Gasteiger partial charge in [-0.1, -0.05) is 0 Å². The molecule has 0 aliphatic carbocycles. The van der Waals surface area contributed by atoms with Crippen molar-refractivity contribution < 1.29 is 19.1 Å². The lowest BCUT2D eigenvalue weighted by molar-refractivity contribution is 0.0605. The highest BCUT2D eigenvalue weighted by Gasteiger charge is 2.20. The number of amides is 1. The number of benzene rings is 1. The first-order valence-electron chi connectivity index (χ1n) is 8.12. The molecule has 3 N–H and O–H groups in total. The van der Waals surface area contributed by atoms with Crippen molar-refractivity contribution in [2.24, 2.45) is 5.73 Å². The number of hydrogen-bond acceptors (Lipinski definition) is 8. The van der Waals surface area contributed by atoms with Crippen LogP contribution in [0.3, 0.4) is 0 Å². The number of rotatable bonds is 6. The average Bonchev–Trinajstić information content (AvgIpc) is 3.00. The smallest absolute Gasteiger partial charge is 0.348 e. The summed E-state index contributed by atoms with van der Waals surface area (Å²) in [7, 11) is 1.34. The van der Waals surface area contributed by atoms with Gasteiger partial charge in [0.2, 0.25) is 5.91 Å². The van der Waals surface area contributed by atoms with Gasteiger partial charge in [-0.15, -0.1) is 11.3 Å². The fourth-order valence-corrected chi connectivity index (χ4v) is 3.70. The SMILES string of the molecule is CCOc1cc(C(N)=O)ccc1Nc1ncnc2sc(C(=O)OC)c(C)c12. The van der Waals surface area contributed by atoms with Crippen molar-refractivity contribution in [1.82, 2.24) is 9.97 Å². The minimum absolute atomic E-state index is 0.344. The Morgan fingerprint density at radius 2 is 2.07 bits per heavy atom. The van der Waals surface area contributed by atoms with E-state index in [0.29, 0.717) is 39.1 Å². The number of nitrogens with two attached hydrogens (primary N) is 1. The molecule has 0 unspecified atom stereocenters. The van der Waals surface area contributed by atoms with Crippen LogP contribution in [0.1, 0.15) is 32.5 Å². The molecule has 0 aliphatic rings. The summed E-state index contributed by atoms with van der Waals surface area (Å²) in [6, 6.07) is 4.88. The predicted octanol–water partition coefficient (Wildman–Crippen LogP) is 3.03. The fourth-order valence-electron chi connectivity index (χ4n) is 2.64. The Labute approximate surface area is 159 Å². The number of anilines is 2. The number of primary amides is 1. The molecule has 0 fully saturated rings. The molecule has 8 nitrogen and oxygen atoms in total. The standard InChI is InChI=1S/C18H18N4O4S/c1-4-26-12-7-10(15(19)23)5-6-11(12)22-16-13-9(2)14(18(24)25-3)27-17(13)21-8-20-16/h5-8H,4H2,1-3H3,(H2,19,23)(H,20,21,22). The number of carbonyl (C=O) groups excluding carboxylic acids is 2. The highest BCUT2D eigenvalue weighted by molar-refractivity contribution is 7.20. The fraction of sp³-hybridized carbons (Fsp3) is 0.222. The number of aryl methyl sites for hydroxylation is 1. The Kier molecular flexibility index (Phi) is 5.22. The second-order valence-corrected chi connectivity index (χ2v) is 6.58. The average molecular weight is 386 g/mol. The number of esters is 1. The number of ether oxygens (including phenoxy) is 2. The van der Waals surface area contributed by atoms with E-state index in [-0.39, 0.29) is 0 Å². The Bertz CT molecular complexity index is 1030. The van der Waals surface area contributed by atoms with Crippen LogP contribution in [-0.2, 0) is 4.74 Å². The maximum Gasteiger partial charge on any atom is 0.348 e. The lowest BCUT2D eigenvalue weighted by atomic mass is 10.1. The summed E-state index contributed by atoms with van der Waals surface area (Å²) in [4.78, 5) is 33.1. The number of thiophene rings is 1. The van der Waals surface area contributed by atoms with Gasteiger partial charge in [-0.25, -0.2) is 14.8 Å². The van der Waals surface area contributed by atoms with Gasteiger partial charge in [0.15, 0.2) is 0 Å². The van der Waals surface area contributed by atoms with Crippen LogP contribution in [0, 0.1) is 6.92 Å². The third-order valence-electron chi connectivity index (χ3n) is 3.92. The van der Waals surface area contributed by atoms with E-state index in [1.807, 2.05) is 13.8 Å². The zero-order valence-electron chi connectivity index (χ0n) is 15.0. The lowest BCUT2D eigenvalue weighted by Gasteiger charge is -2.13. The Hall–Kier alpha value is -3.20. The van der Waals surface area contributed by atoms with Crippen LogP contribution in [0.15, 0.2) is 24.5 Å². The van der Waals surface area contributed by atoms with Gasteiger partial charge >= 0.3 is 5.97 Å². The van der Waals surface area contributed by atoms with Crippen LogP contribution in [0.25, 0.3) is 10.2 Å². The zero-order valence-corrected chi connectivity index (χ0v) is 15.8. The molecule has 3 aromatic rings. The number of nitrogens with zero attached hydrogens (tertiary/aromatic N) is 2. The Morgan fingerprint density at radius 1 is 1.30 bits per heavy atom. The van der Waals surface area contributed by atoms with E-state index in [1.165, 1.54) is 24.8 Å². The van der Waals surface area contributed by atoms with Crippen molar-refractivity contribution in [3.8, 4) is 5.75 Å². The molecule has 0 aliphatic heterocycles. The third-order valence-corrected chi connectivity index (χ3v) is 5.10. The number of carbonyl (C=O) groups is 2. The molecular weight excluding hydrogens is 368 g/mol. The minimum atomic E-state index is -0.539. The maximum atomic E-state index is 12.0. The van der Waals surface area contributed by atoms with E-state index < -0.39 is 11.9 Å². The van der Waals surface area contributed by atoms with Crippen LogP contribution >= 0.6 is 11.3 Å². The first-order valence-corrected chi connectivity index (χ1v) is 8.94. The van der Waals surface area contributed by atoms with Gasteiger partial charge in [0, 0.05) is 5.56 Å². The number of hydrogen-bond donors (Lipinski definition) is 2. The summed E-state index contributed by atoms with van der Waals surface area (Å²) in [5.41, 5.74) is 7.04. The molecule has 0 bridgehead atoms. The van der Waals surface area contributed by atoms with E-state index >= 15 is 0 Å². The lowest BCUT2D eigenvalue weighted by Crippen LogP contribution is -2.11. The van der Waals surface area contributed by atoms with Crippen molar-refractivity contribution >= 4 is 44.9 Å². The van der Waals surface area contributed by atoms with Crippen molar-refractivity contribution in [3.63, 3.8) is 0 Å². The first kappa shape index (κ1) is 18.6. The van der Waals surface area contributed by atoms with Crippen LogP contribution < -0.4 is 15.8 Å². The third kappa shape index (κ3) is 3.54. The normalized spacial score (nSPS) is 10.6. The van der Waals surface area contributed by atoms with Crippen molar-refractivity contribution in [3.05, 3.63) is 40.5 Å². The summed E-state index contributed by atoms with van der Waals surface area (Å²) in [6.45, 7) is 4.08. The molecule has 0 saturated heterocycles. The molecular formula is C18H18N4O4S. The van der Waals surface area contributed by atoms with Crippen LogP contribution in [-0.4, -0.2) is 35.6 Å². The van der Waals surface area contributed by atoms with Gasteiger partial charge in [0.05, 0.1) is 24.8 Å². The molecule has 2 aromatic heterocycles. The van der Waals surface area contributed by atoms with Gasteiger partial charge in [-0.2, -0.15) is 0 Å². The Morgan fingerprint density at radius 3 is 2.74 bits per heavy atom. The topological polar surface area (TPSA) is 116 Å². The van der Waals surface area contributed by atoms with Crippen molar-refractivity contribution in [1.29, 1.82) is 0 Å². The molecule has 0 radical (unpaired) electrons. The molecule has 9 heteroatoms. The van der Waals surface area contributed by atoms with E-state index in [0.717, 1.165) is 10.9 Å². The molecule has 27 heavy (non-hydrogen) atoms. The van der Waals surface area contributed by atoms with E-state index in [4.69, 9.17) is 15.2 Å². The summed E-state index contributed by atoms with van der Waals surface area (Å²) < 4.78 is 10.4. The van der Waals surface area contributed by atoms with Gasteiger partial charge in [0.1, 0.15) is 27.6 Å². The van der Waals surface area contributed by atoms with Crippen molar-refractivity contribution in [2.75, 3.05) is 19.0 Å². The second kappa shape index (κ2) is 7.58. The van der Waals surface area contributed by atoms with E-state index in [1.54, 1.807) is 18.2 Å². The van der Waals surface area contributed by atoms with Gasteiger partial charge in [-0.05, 0) is 37.6 Å². The maximum absolute atomic E-state index is 12.0. The molecule has 2 heterocycles. The zero-order chi connectivity index (χ0) is 19.6. The molecule has 0 atom stereocenters. The molecule has 140 valence electrons. The summed E-state index contributed by atoms with van der Waals surface area (Å²) in [6.07, 6.45) is 1.42. The first-order chi connectivity index (χ1) is 13.0. The van der Waals surface area contributed by atoms with E-state index in [2.05, 4.69) is 15.3 Å². The molecule has 0 saturated carbocycles. The number of methoxy groups -OCH3 is 1. The van der Waals surface area contributed by atoms with Gasteiger partial charge in [0.25, 0.3) is 0 Å². The van der Waals surface area contributed by atoms with Crippen LogP contribution in [0.2, 0.25) is 0 Å². The van der Waals surface area contributed by atoms with Crippen LogP contribution in [0.5, 0.6) is 5.75 Å². The molecule has 0 spiro atoms. The highest BCUT2D eigenvalue weighted by Crippen LogP contribution is 2.36. The largest absolute Gasteiger partial charge is 0.492 e. The Balaban J connectivity index is 2.08. The number of fused-ring (bicyclic) bond motifs is 1.